The Labute approximate surface area is 649 Å². The Morgan fingerprint density at radius 1 is 0.802 bits per heavy atom. The lowest BCUT2D eigenvalue weighted by Gasteiger charge is -2.41. The van der Waals surface area contributed by atoms with Crippen LogP contribution in [0.1, 0.15) is 132 Å². The molecule has 39 nitrogen and oxygen atoms in total. The van der Waals surface area contributed by atoms with Gasteiger partial charge in [-0.1, -0.05) is 105 Å². The summed E-state index contributed by atoms with van der Waals surface area (Å²) < 4.78 is 74.9. The molecule has 5 rings (SSSR count). The number of phosphoric acid groups is 3. The number of carboxylic acid groups (broad SMARTS) is 1. The van der Waals surface area contributed by atoms with Gasteiger partial charge in [0.1, 0.15) is 54.4 Å². The smallest absolute Gasteiger partial charge is 0.480 e. The molecule has 8 amide bonds. The number of anilines is 1. The number of phosphoric ester groups is 3. The number of nitrogens with two attached hydrogens (primary N) is 1. The number of aromatic nitrogens is 4. The van der Waals surface area contributed by atoms with Gasteiger partial charge in [-0.05, 0) is 49.0 Å². The number of carbonyl (C=O) groups excluding carboxylic acids is 8. The van der Waals surface area contributed by atoms with E-state index >= 15 is 0 Å². The number of likely N-dealkylation sites (N-methyl/N-ethyl adjacent to an activating group) is 2. The van der Waals surface area contributed by atoms with E-state index in [4.69, 9.17) is 29.0 Å². The number of nitrogens with one attached hydrogen (secondary N) is 5. The van der Waals surface area contributed by atoms with E-state index in [1.165, 1.54) is 49.6 Å². The first-order chi connectivity index (χ1) is 52.0. The lowest BCUT2D eigenvalue weighted by Crippen LogP contribution is -2.60. The van der Waals surface area contributed by atoms with Crippen molar-refractivity contribution in [3.63, 3.8) is 0 Å². The highest BCUT2D eigenvalue weighted by atomic mass is 32.2. The minimum Gasteiger partial charge on any atom is -0.480 e. The number of likely N-dealkylation sites (tertiary alicyclic amines) is 1. The maximum atomic E-state index is 14.8. The Bertz CT molecular complexity index is 3750. The molecule has 4 heterocycles. The monoisotopic (exact) mass is 1650 g/mol. The van der Waals surface area contributed by atoms with E-state index in [2.05, 4.69) is 50.4 Å². The second-order valence-electron chi connectivity index (χ2n) is 28.9. The fraction of sp³-hybridized carbons (Fsp3) is 0.706. The van der Waals surface area contributed by atoms with E-state index in [1.807, 2.05) is 19.9 Å². The molecule has 111 heavy (non-hydrogen) atoms. The Morgan fingerprint density at radius 3 is 2.09 bits per heavy atom. The van der Waals surface area contributed by atoms with E-state index in [-0.39, 0.29) is 91.1 Å². The van der Waals surface area contributed by atoms with Crippen LogP contribution in [0.25, 0.3) is 11.2 Å². The van der Waals surface area contributed by atoms with Crippen molar-refractivity contribution in [3.8, 4) is 0 Å². The average molecular weight is 1650 g/mol. The summed E-state index contributed by atoms with van der Waals surface area (Å²) in [5.41, 5.74) is 4.93. The van der Waals surface area contributed by atoms with Crippen LogP contribution in [0.2, 0.25) is 0 Å². The summed E-state index contributed by atoms with van der Waals surface area (Å²) in [4.78, 5) is 177. The number of imidazole rings is 1. The number of aliphatic hydroxyl groups is 2. The van der Waals surface area contributed by atoms with Gasteiger partial charge >= 0.3 is 29.4 Å². The summed E-state index contributed by atoms with van der Waals surface area (Å²) in [7, 11) is -10.5. The number of hydrogen-bond donors (Lipinski definition) is 13. The van der Waals surface area contributed by atoms with Crippen molar-refractivity contribution in [2.24, 2.45) is 29.1 Å². The van der Waals surface area contributed by atoms with Gasteiger partial charge in [0, 0.05) is 84.9 Å². The number of aliphatic carboxylic acids is 1. The number of nitrogens with zero attached hydrogens (tertiary/aromatic N) is 7. The number of hydrogen-bond acceptors (Lipinski definition) is 26. The Morgan fingerprint density at radius 2 is 1.47 bits per heavy atom. The molecule has 43 heteroatoms. The molecule has 0 spiro atoms. The second kappa shape index (κ2) is 43.7. The van der Waals surface area contributed by atoms with Crippen molar-refractivity contribution in [2.45, 2.75) is 200 Å². The number of nitrogen functional groups attached to an aromatic ring is 1. The molecule has 2 fully saturated rings. The zero-order valence-electron chi connectivity index (χ0n) is 64.9. The number of benzene rings is 1. The van der Waals surface area contributed by atoms with Crippen LogP contribution in [0, 0.1) is 29.1 Å². The number of rotatable bonds is 48. The maximum Gasteiger partial charge on any atom is 0.481 e. The average Bonchev–Trinajstić information content (AvgIpc) is 1.62. The SMILES string of the molecule is CCC(C)C(C(CC(=O)N1CCCC1C(OC)C(C)C(=O)NC(Cc1ccccc1)C(=O)O)OC)N(C)C(=O)C(NC(=O)C(C(C)C)N(C)C(=O)CCCCCNC(=O)CSCCNC(=O)CCNC(=O)C(O)C(C)(C)COP(=O)(O)OP(=O)(O)OCC1OC(n2cnc3c(N)ncnc32)C(O)C1OP(=O)(O)O)C(C)C. The topological polar surface area (TPSA) is 551 Å². The fourth-order valence-corrected chi connectivity index (χ4v) is 16.6. The van der Waals surface area contributed by atoms with Crippen LogP contribution < -0.4 is 32.3 Å². The number of aliphatic hydroxyl groups excluding tert-OH is 2. The number of thioether (sulfide) groups is 1. The molecule has 0 aliphatic carbocycles. The van der Waals surface area contributed by atoms with Crippen LogP contribution in [-0.4, -0.2) is 268 Å². The predicted octanol–water partition coefficient (Wildman–Crippen LogP) is 2.17. The molecule has 2 aromatic heterocycles. The van der Waals surface area contributed by atoms with Crippen LogP contribution >= 0.6 is 35.2 Å². The van der Waals surface area contributed by atoms with Crippen molar-refractivity contribution in [1.29, 1.82) is 0 Å². The third kappa shape index (κ3) is 28.4. The molecular weight excluding hydrogens is 1540 g/mol. The first kappa shape index (κ1) is 94.9. The molecule has 1 aromatic carbocycles. The molecule has 16 atom stereocenters. The zero-order valence-corrected chi connectivity index (χ0v) is 68.4. The zero-order chi connectivity index (χ0) is 83.0. The Kier molecular flexibility index (Phi) is 37.4. The molecule has 2 aliphatic heterocycles. The van der Waals surface area contributed by atoms with E-state index in [1.54, 1.807) is 77.9 Å². The summed E-state index contributed by atoms with van der Waals surface area (Å²) in [6.07, 6.45) is -5.43. The van der Waals surface area contributed by atoms with Crippen molar-refractivity contribution >= 4 is 105 Å². The first-order valence-corrected chi connectivity index (χ1v) is 42.2. The van der Waals surface area contributed by atoms with Gasteiger partial charge in [0.05, 0.1) is 61.9 Å². The van der Waals surface area contributed by atoms with Crippen LogP contribution in [-0.2, 0) is 95.4 Å². The molecule has 0 bridgehead atoms. The van der Waals surface area contributed by atoms with Gasteiger partial charge in [0.25, 0.3) is 0 Å². The summed E-state index contributed by atoms with van der Waals surface area (Å²) in [6, 6.07) is 4.60. The molecular formula is C68H112N13O26P3S. The molecule has 0 radical (unpaired) electrons. The number of unbranched alkanes of at least 4 members (excludes halogenated alkanes) is 2. The molecule has 2 aliphatic rings. The summed E-state index contributed by atoms with van der Waals surface area (Å²) in [5.74, 6) is -6.46. The van der Waals surface area contributed by atoms with Gasteiger partial charge in [-0.15, -0.1) is 0 Å². The van der Waals surface area contributed by atoms with Crippen LogP contribution in [0.4, 0.5) is 5.82 Å². The second-order valence-corrected chi connectivity index (χ2v) is 34.2. The third-order valence-corrected chi connectivity index (χ3v) is 23.4. The Balaban J connectivity index is 0.980. The largest absolute Gasteiger partial charge is 0.481 e. The van der Waals surface area contributed by atoms with Crippen molar-refractivity contribution in [2.75, 3.05) is 84.9 Å². The number of methoxy groups -OCH3 is 2. The first-order valence-electron chi connectivity index (χ1n) is 36.5. The van der Waals surface area contributed by atoms with E-state index in [9.17, 15) is 91.7 Å². The highest BCUT2D eigenvalue weighted by Gasteiger charge is 2.51. The van der Waals surface area contributed by atoms with Gasteiger partial charge in [-0.25, -0.2) is 33.4 Å². The maximum absolute atomic E-state index is 14.8. The van der Waals surface area contributed by atoms with Crippen LogP contribution in [0.5, 0.6) is 0 Å². The van der Waals surface area contributed by atoms with E-state index < -0.39 is 162 Å². The highest BCUT2D eigenvalue weighted by molar-refractivity contribution is 7.99. The van der Waals surface area contributed by atoms with Crippen molar-refractivity contribution < 1.29 is 124 Å². The molecule has 16 unspecified atom stereocenters. The quantitative estimate of drug-likeness (QED) is 0.0285. The van der Waals surface area contributed by atoms with Crippen molar-refractivity contribution in [3.05, 3.63) is 48.5 Å². The van der Waals surface area contributed by atoms with Gasteiger partial charge in [0.15, 0.2) is 17.7 Å². The normalized spacial score (nSPS) is 20.3. The molecule has 626 valence electrons. The number of fused-ring (bicyclic) bond motifs is 1. The third-order valence-electron chi connectivity index (χ3n) is 19.4. The molecule has 3 aromatic rings. The van der Waals surface area contributed by atoms with Crippen LogP contribution in [0.3, 0.4) is 0 Å². The number of amides is 8. The van der Waals surface area contributed by atoms with Gasteiger partial charge in [-0.2, -0.15) is 16.1 Å². The highest BCUT2D eigenvalue weighted by Crippen LogP contribution is 2.61. The van der Waals surface area contributed by atoms with E-state index in [0.29, 0.717) is 57.4 Å². The minimum atomic E-state index is -5.64. The van der Waals surface area contributed by atoms with Crippen molar-refractivity contribution in [1.82, 2.24) is 60.8 Å². The summed E-state index contributed by atoms with van der Waals surface area (Å²) >= 11 is 1.24. The van der Waals surface area contributed by atoms with Crippen LogP contribution in [0.15, 0.2) is 43.0 Å². The number of carboxylic acids is 1. The number of ether oxygens (including phenoxy) is 3. The molecule has 0 saturated carbocycles. The van der Waals surface area contributed by atoms with E-state index in [0.717, 1.165) is 22.8 Å². The lowest BCUT2D eigenvalue weighted by molar-refractivity contribution is -0.149. The minimum absolute atomic E-state index is 0.00746. The Hall–Kier alpha value is -6.68. The van der Waals surface area contributed by atoms with Gasteiger partial charge < -0.3 is 96.1 Å². The standard InChI is InChI=1S/C68H112N13O26P3S/c1-14-41(6)55(46(101-12)33-51(85)80-30-21-24-45(80)57(102-13)42(7)62(88)76-44(67(92)93)32-43-22-17-15-18-23-43)79(11)65(91)52(39(2)3)77-63(89)54(40(4)5)78(10)50(84)25-19-16-20-27-70-49(83)35-111-31-29-71-48(82)26-28-72-64(90)59(87)68(8,9)36-104-110(99,100)107-109(97,98)103-34-47-58(106-108(94,95)96)56(86)66(105-47)81-38-75-53-60(69)73-37-74-61(53)81/h15,17-18,22-23,37-42,44-47,52,54-59,66,86-87H,14,16,19-21,24-36H2,1-13H3,(H,70,83)(H,71,82)(H,72,90)(H,76,88)(H,77,89)(H,92,93)(H,97,98)(H,99,100)(H2,69,73,74)(H2,94,95,96). The van der Waals surface area contributed by atoms with Gasteiger partial charge in [0.2, 0.25) is 47.3 Å². The molecule has 14 N–H and O–H groups in total. The summed E-state index contributed by atoms with van der Waals surface area (Å²) in [6.45, 7) is 13.7. The fourth-order valence-electron chi connectivity index (χ4n) is 13.1. The lowest BCUT2D eigenvalue weighted by atomic mass is 9.87. The number of carbonyl (C=O) groups is 9. The molecule has 2 saturated heterocycles. The summed E-state index contributed by atoms with van der Waals surface area (Å²) in [5, 5.41) is 45.2. The predicted molar refractivity (Wildman–Crippen MR) is 402 cm³/mol. The van der Waals surface area contributed by atoms with Gasteiger partial charge in [-0.3, -0.25) is 56.5 Å².